The van der Waals surface area contributed by atoms with Gasteiger partial charge in [0.15, 0.2) is 23.1 Å². The fourth-order valence-corrected chi connectivity index (χ4v) is 5.96. The molecule has 1 amide bonds. The van der Waals surface area contributed by atoms with Crippen LogP contribution in [0.4, 0.5) is 5.69 Å². The Morgan fingerprint density at radius 2 is 1.64 bits per heavy atom. The summed E-state index contributed by atoms with van der Waals surface area (Å²) >= 11 is 0. The van der Waals surface area contributed by atoms with E-state index in [0.29, 0.717) is 63.8 Å². The van der Waals surface area contributed by atoms with E-state index in [4.69, 9.17) is 39.3 Å². The summed E-state index contributed by atoms with van der Waals surface area (Å²) in [7, 11) is 4.54. The van der Waals surface area contributed by atoms with E-state index >= 15 is 0 Å². The number of hydrazine groups is 1. The molecule has 0 radical (unpaired) electrons. The van der Waals surface area contributed by atoms with Crippen LogP contribution in [0.5, 0.6) is 23.0 Å². The molecule has 0 aromatic heterocycles. The molecule has 1 aliphatic rings. The first-order chi connectivity index (χ1) is 25.9. The Kier molecular flexibility index (Phi) is 13.0. The zero-order valence-corrected chi connectivity index (χ0v) is 29.4. The Morgan fingerprint density at radius 3 is 2.30 bits per heavy atom. The second kappa shape index (κ2) is 18.2. The third kappa shape index (κ3) is 8.72. The standard InChI is InChI=1S/C37H39N9O7/c1-49-31-19-24(20-32(50-2)33(31)51-3)22-40-44-36(48)37(21-26-9-4-5-10-27(26)23-41-45-38)34(29-11-6-7-12-30(29)43-46-39)53-35(42-37)25-13-15-28(16-14-25)52-18-8-17-47/h4-7,9-16,19-20,34,40,47H,8,17-18,21-23H2,1-3H3,(H,44,48)/t34-,37-/m0/s1. The lowest BCUT2D eigenvalue weighted by Crippen LogP contribution is -2.53. The van der Waals surface area contributed by atoms with Crippen LogP contribution < -0.4 is 29.8 Å². The number of azide groups is 2. The molecule has 5 rings (SSSR count). The van der Waals surface area contributed by atoms with Crippen molar-refractivity contribution in [2.75, 3.05) is 34.5 Å². The number of aliphatic imine (C=N–C) groups is 1. The second-order valence-electron chi connectivity index (χ2n) is 11.7. The number of hydrogen-bond donors (Lipinski definition) is 3. The Balaban J connectivity index is 1.60. The van der Waals surface area contributed by atoms with Crippen molar-refractivity contribution >= 4 is 17.5 Å². The van der Waals surface area contributed by atoms with E-state index in [2.05, 4.69) is 30.9 Å². The van der Waals surface area contributed by atoms with Crippen LogP contribution in [0.3, 0.4) is 0 Å². The Labute approximate surface area is 305 Å². The number of nitrogens with zero attached hydrogens (tertiary/aromatic N) is 7. The molecule has 0 aliphatic carbocycles. The Morgan fingerprint density at radius 1 is 0.943 bits per heavy atom. The summed E-state index contributed by atoms with van der Waals surface area (Å²) in [5.41, 5.74) is 26.1. The van der Waals surface area contributed by atoms with Crippen LogP contribution in [-0.2, 0) is 29.0 Å². The molecule has 0 saturated heterocycles. The molecule has 0 unspecified atom stereocenters. The molecule has 4 aromatic carbocycles. The molecule has 274 valence electrons. The van der Waals surface area contributed by atoms with Crippen molar-refractivity contribution in [2.45, 2.75) is 37.6 Å². The van der Waals surface area contributed by atoms with Crippen LogP contribution in [0, 0.1) is 0 Å². The summed E-state index contributed by atoms with van der Waals surface area (Å²) < 4.78 is 28.7. The average Bonchev–Trinajstić information content (AvgIpc) is 3.57. The van der Waals surface area contributed by atoms with E-state index in [-0.39, 0.29) is 37.7 Å². The molecule has 0 saturated carbocycles. The molecular formula is C37H39N9O7. The molecule has 4 aromatic rings. The summed E-state index contributed by atoms with van der Waals surface area (Å²) in [5, 5.41) is 16.8. The maximum absolute atomic E-state index is 14.8. The van der Waals surface area contributed by atoms with Crippen LogP contribution in [0.1, 0.15) is 40.3 Å². The zero-order valence-electron chi connectivity index (χ0n) is 29.4. The molecule has 0 bridgehead atoms. The number of ether oxygens (including phenoxy) is 5. The van der Waals surface area contributed by atoms with Crippen LogP contribution in [-0.4, -0.2) is 57.0 Å². The number of methoxy groups -OCH3 is 3. The van der Waals surface area contributed by atoms with Crippen LogP contribution in [0.15, 0.2) is 100 Å². The lowest BCUT2D eigenvalue weighted by Gasteiger charge is -2.32. The molecule has 1 heterocycles. The quantitative estimate of drug-likeness (QED) is 0.0336. The van der Waals surface area contributed by atoms with Crippen LogP contribution in [0.25, 0.3) is 20.9 Å². The highest BCUT2D eigenvalue weighted by molar-refractivity contribution is 6.01. The van der Waals surface area contributed by atoms with Gasteiger partial charge in [-0.1, -0.05) is 58.8 Å². The minimum Gasteiger partial charge on any atom is -0.494 e. The first-order valence-corrected chi connectivity index (χ1v) is 16.6. The first kappa shape index (κ1) is 37.8. The van der Waals surface area contributed by atoms with Gasteiger partial charge in [0, 0.05) is 52.6 Å². The maximum Gasteiger partial charge on any atom is 0.266 e. The predicted octanol–water partition coefficient (Wildman–Crippen LogP) is 6.55. The molecule has 0 fully saturated rings. The van der Waals surface area contributed by atoms with Crippen molar-refractivity contribution in [1.29, 1.82) is 0 Å². The highest BCUT2D eigenvalue weighted by Crippen LogP contribution is 2.46. The molecule has 3 N–H and O–H groups in total. The maximum atomic E-state index is 14.8. The van der Waals surface area contributed by atoms with Gasteiger partial charge in [0.1, 0.15) is 5.75 Å². The van der Waals surface area contributed by atoms with Crippen molar-refractivity contribution in [3.8, 4) is 23.0 Å². The summed E-state index contributed by atoms with van der Waals surface area (Å²) in [5.74, 6) is 1.51. The summed E-state index contributed by atoms with van der Waals surface area (Å²) in [4.78, 5) is 25.8. The van der Waals surface area contributed by atoms with Gasteiger partial charge < -0.3 is 28.8 Å². The van der Waals surface area contributed by atoms with Gasteiger partial charge in [-0.25, -0.2) is 10.4 Å². The molecule has 53 heavy (non-hydrogen) atoms. The normalized spacial score (nSPS) is 15.9. The molecule has 0 spiro atoms. The van der Waals surface area contributed by atoms with Crippen LogP contribution >= 0.6 is 0 Å². The highest BCUT2D eigenvalue weighted by atomic mass is 16.5. The lowest BCUT2D eigenvalue weighted by molar-refractivity contribution is -0.130. The summed E-state index contributed by atoms with van der Waals surface area (Å²) in [6, 6.07) is 24.6. The number of carbonyl (C=O) groups is 1. The SMILES string of the molecule is COc1cc(CNNC(=O)[C@@]2(Cc3ccccc3CN=[N+]=[N-])N=C(c3ccc(OCCCO)cc3)O[C@H]2c2ccccc2N=[N+]=[N-])cc(OC)c1OC. The van der Waals surface area contributed by atoms with E-state index in [0.717, 1.165) is 0 Å². The highest BCUT2D eigenvalue weighted by Gasteiger charge is 2.54. The Hall–Kier alpha value is -6.44. The fraction of sp³-hybridized carbons (Fsp3) is 0.297. The van der Waals surface area contributed by atoms with Gasteiger partial charge >= 0.3 is 0 Å². The number of aliphatic hydroxyl groups is 1. The molecule has 1 aliphatic heterocycles. The number of nitrogens with one attached hydrogen (secondary N) is 2. The van der Waals surface area contributed by atoms with Crippen molar-refractivity contribution in [1.82, 2.24) is 10.9 Å². The van der Waals surface area contributed by atoms with Gasteiger partial charge in [-0.15, -0.1) is 0 Å². The number of rotatable bonds is 18. The van der Waals surface area contributed by atoms with Gasteiger partial charge in [0.05, 0.1) is 34.5 Å². The smallest absolute Gasteiger partial charge is 0.266 e. The van der Waals surface area contributed by atoms with E-state index in [1.807, 2.05) is 24.3 Å². The van der Waals surface area contributed by atoms with Crippen molar-refractivity contribution in [3.63, 3.8) is 0 Å². The third-order valence-corrected chi connectivity index (χ3v) is 8.50. The van der Waals surface area contributed by atoms with Crippen molar-refractivity contribution in [2.24, 2.45) is 15.2 Å². The number of hydrogen-bond acceptors (Lipinski definition) is 11. The first-order valence-electron chi connectivity index (χ1n) is 16.6. The summed E-state index contributed by atoms with van der Waals surface area (Å²) in [6.07, 6.45) is -0.603. The largest absolute Gasteiger partial charge is 0.494 e. The minimum absolute atomic E-state index is 0.00292. The van der Waals surface area contributed by atoms with Gasteiger partial charge in [-0.3, -0.25) is 10.2 Å². The van der Waals surface area contributed by atoms with E-state index < -0.39 is 17.6 Å². The number of amides is 1. The fourth-order valence-electron chi connectivity index (χ4n) is 5.96. The molecule has 2 atom stereocenters. The van der Waals surface area contributed by atoms with Crippen molar-refractivity contribution in [3.05, 3.63) is 134 Å². The number of benzene rings is 4. The summed E-state index contributed by atoms with van der Waals surface area (Å²) in [6.45, 7) is 0.544. The monoisotopic (exact) mass is 721 g/mol. The number of carbonyl (C=O) groups excluding carboxylic acids is 1. The van der Waals surface area contributed by atoms with E-state index in [1.54, 1.807) is 60.7 Å². The third-order valence-electron chi connectivity index (χ3n) is 8.50. The molecular weight excluding hydrogens is 682 g/mol. The lowest BCUT2D eigenvalue weighted by atomic mass is 9.80. The molecule has 16 nitrogen and oxygen atoms in total. The van der Waals surface area contributed by atoms with Gasteiger partial charge in [-0.05, 0) is 64.2 Å². The minimum atomic E-state index is -1.69. The van der Waals surface area contributed by atoms with Crippen molar-refractivity contribution < 1.29 is 33.6 Å². The van der Waals surface area contributed by atoms with Gasteiger partial charge in [-0.2, -0.15) is 0 Å². The van der Waals surface area contributed by atoms with Gasteiger partial charge in [0.25, 0.3) is 5.91 Å². The average molecular weight is 722 g/mol. The second-order valence-corrected chi connectivity index (χ2v) is 11.7. The zero-order chi connectivity index (χ0) is 37.6. The van der Waals surface area contributed by atoms with Gasteiger partial charge in [0.2, 0.25) is 11.6 Å². The topological polar surface area (TPSA) is 217 Å². The Bertz CT molecular complexity index is 2000. The van der Waals surface area contributed by atoms with E-state index in [1.165, 1.54) is 21.3 Å². The van der Waals surface area contributed by atoms with Crippen LogP contribution in [0.2, 0.25) is 0 Å². The molecule has 16 heteroatoms. The number of aliphatic hydroxyl groups excluding tert-OH is 1. The van der Waals surface area contributed by atoms with E-state index in [9.17, 15) is 10.3 Å². The predicted molar refractivity (Wildman–Crippen MR) is 196 cm³/mol.